The van der Waals surface area contributed by atoms with Crippen LogP contribution in [0.25, 0.3) is 0 Å². The minimum Gasteiger partial charge on any atom is -0.501 e. The number of hydrogen-bond donors (Lipinski definition) is 2. The van der Waals surface area contributed by atoms with Gasteiger partial charge in [-0.25, -0.2) is 9.78 Å². The van der Waals surface area contributed by atoms with E-state index < -0.39 is 0 Å². The summed E-state index contributed by atoms with van der Waals surface area (Å²) >= 11 is 1.79. The molecule has 0 bridgehead atoms. The molecule has 0 spiro atoms. The van der Waals surface area contributed by atoms with E-state index in [4.69, 9.17) is 9.47 Å². The minimum atomic E-state index is -0.352. The third-order valence-electron chi connectivity index (χ3n) is 5.98. The Hall–Kier alpha value is -3.01. The predicted molar refractivity (Wildman–Crippen MR) is 132 cm³/mol. The fourth-order valence-corrected chi connectivity index (χ4v) is 4.15. The van der Waals surface area contributed by atoms with Gasteiger partial charge in [0, 0.05) is 37.5 Å². The van der Waals surface area contributed by atoms with Gasteiger partial charge >= 0.3 is 6.09 Å². The van der Waals surface area contributed by atoms with Crippen molar-refractivity contribution in [3.63, 3.8) is 0 Å². The largest absolute Gasteiger partial charge is 0.501 e. The first-order valence-corrected chi connectivity index (χ1v) is 12.9. The number of piperidine rings is 1. The van der Waals surface area contributed by atoms with Crippen molar-refractivity contribution in [2.24, 2.45) is 5.92 Å². The number of ether oxygens (including phenoxy) is 2. The number of hydrogen-bond acceptors (Lipinski definition) is 9. The maximum atomic E-state index is 12.3. The van der Waals surface area contributed by atoms with Gasteiger partial charge in [0.05, 0.1) is 11.4 Å². The topological polar surface area (TPSA) is 110 Å². The number of rotatable bonds is 9. The smallest absolute Gasteiger partial charge is 0.414 e. The normalized spacial score (nSPS) is 16.2. The first kappa shape index (κ1) is 24.1. The third kappa shape index (κ3) is 6.11. The Balaban J connectivity index is 1.33. The van der Waals surface area contributed by atoms with Crippen LogP contribution in [0.5, 0.6) is 11.6 Å². The number of amides is 1. The van der Waals surface area contributed by atoms with Crippen LogP contribution in [0.15, 0.2) is 30.8 Å². The molecule has 4 rings (SSSR count). The Morgan fingerprint density at radius 2 is 2.03 bits per heavy atom. The molecule has 0 atom stereocenters. The lowest BCUT2D eigenvalue weighted by Crippen LogP contribution is -2.42. The van der Waals surface area contributed by atoms with Gasteiger partial charge in [-0.05, 0) is 50.3 Å². The first-order valence-electron chi connectivity index (χ1n) is 11.5. The fraction of sp³-hybridized carbons (Fsp3) is 0.500. The van der Waals surface area contributed by atoms with Crippen LogP contribution in [0.2, 0.25) is 0 Å². The molecule has 2 N–H and O–H groups in total. The number of anilines is 2. The molecule has 1 amide bonds. The predicted octanol–water partition coefficient (Wildman–Crippen LogP) is 4.44. The quantitative estimate of drug-likeness (QED) is 0.498. The van der Waals surface area contributed by atoms with Gasteiger partial charge in [0.25, 0.3) is 5.88 Å². The lowest BCUT2D eigenvalue weighted by molar-refractivity contribution is 0.0766. The van der Waals surface area contributed by atoms with E-state index in [2.05, 4.69) is 33.1 Å². The number of aromatic hydroxyl groups is 1. The molecule has 2 aliphatic rings. The maximum absolute atomic E-state index is 12.3. The van der Waals surface area contributed by atoms with Gasteiger partial charge in [-0.3, -0.25) is 4.98 Å². The van der Waals surface area contributed by atoms with E-state index in [0.29, 0.717) is 37.6 Å². The van der Waals surface area contributed by atoms with Crippen LogP contribution in [-0.2, 0) is 11.2 Å². The highest BCUT2D eigenvalue weighted by molar-refractivity contribution is 7.98. The number of thioether (sulfide) groups is 1. The molecule has 0 unspecified atom stereocenters. The van der Waals surface area contributed by atoms with Crippen LogP contribution in [-0.4, -0.2) is 62.3 Å². The summed E-state index contributed by atoms with van der Waals surface area (Å²) in [6.45, 7) is 6.77. The molecule has 1 saturated heterocycles. The van der Waals surface area contributed by atoms with Gasteiger partial charge in [-0.2, -0.15) is 16.7 Å². The van der Waals surface area contributed by atoms with Crippen molar-refractivity contribution in [3.05, 3.63) is 42.2 Å². The van der Waals surface area contributed by atoms with Crippen molar-refractivity contribution in [2.75, 3.05) is 30.4 Å². The van der Waals surface area contributed by atoms with Crippen LogP contribution in [0.3, 0.4) is 0 Å². The van der Waals surface area contributed by atoms with Crippen molar-refractivity contribution in [1.29, 1.82) is 0 Å². The molecule has 0 aromatic carbocycles. The average Bonchev–Trinajstić information content (AvgIpc) is 3.68. The molecule has 9 nitrogen and oxygen atoms in total. The highest BCUT2D eigenvalue weighted by Crippen LogP contribution is 2.37. The Kier molecular flexibility index (Phi) is 7.77. The Labute approximate surface area is 204 Å². The van der Waals surface area contributed by atoms with Crippen LogP contribution < -0.4 is 10.1 Å². The number of nitrogens with one attached hydrogen (secondary N) is 1. The molecule has 182 valence electrons. The number of carbonyl (C=O) groups excluding carboxylic acids is 1. The second-order valence-electron chi connectivity index (χ2n) is 8.59. The molecule has 0 radical (unpaired) electrons. The van der Waals surface area contributed by atoms with Crippen molar-refractivity contribution in [3.8, 4) is 11.6 Å². The summed E-state index contributed by atoms with van der Waals surface area (Å²) in [4.78, 5) is 26.9. The Bertz CT molecular complexity index is 1040. The summed E-state index contributed by atoms with van der Waals surface area (Å²) in [6, 6.07) is 3.91. The zero-order valence-corrected chi connectivity index (χ0v) is 20.4. The summed E-state index contributed by atoms with van der Waals surface area (Å²) in [5, 5.41) is 13.8. The van der Waals surface area contributed by atoms with Gasteiger partial charge in [-0.15, -0.1) is 0 Å². The van der Waals surface area contributed by atoms with Crippen LogP contribution in [0.4, 0.5) is 16.3 Å². The van der Waals surface area contributed by atoms with Crippen molar-refractivity contribution < 1.29 is 19.4 Å². The van der Waals surface area contributed by atoms with E-state index in [1.54, 1.807) is 16.7 Å². The van der Waals surface area contributed by atoms with Gasteiger partial charge in [0.15, 0.2) is 5.82 Å². The van der Waals surface area contributed by atoms with Crippen LogP contribution in [0, 0.1) is 12.8 Å². The SMILES string of the molecule is C=C(OC(=O)N1CCC(Oc2ncnc(Nc3ccc(CCSC)nc3C)c2O)CC1)C1CC1. The summed E-state index contributed by atoms with van der Waals surface area (Å²) in [5.41, 5.74) is 2.61. The first-order chi connectivity index (χ1) is 16.4. The third-order valence-corrected chi connectivity index (χ3v) is 6.59. The molecule has 34 heavy (non-hydrogen) atoms. The van der Waals surface area contributed by atoms with Crippen LogP contribution >= 0.6 is 11.8 Å². The van der Waals surface area contributed by atoms with Crippen molar-refractivity contribution in [2.45, 2.75) is 45.1 Å². The van der Waals surface area contributed by atoms with E-state index in [0.717, 1.165) is 42.1 Å². The van der Waals surface area contributed by atoms with E-state index >= 15 is 0 Å². The molecule has 3 heterocycles. The molecule has 1 aliphatic carbocycles. The van der Waals surface area contributed by atoms with Crippen molar-refractivity contribution >= 4 is 29.4 Å². The minimum absolute atomic E-state index is 0.114. The lowest BCUT2D eigenvalue weighted by Gasteiger charge is -2.31. The number of aromatic nitrogens is 3. The zero-order chi connectivity index (χ0) is 24.1. The summed E-state index contributed by atoms with van der Waals surface area (Å²) < 4.78 is 11.3. The molecule has 2 aromatic rings. The molecule has 2 fully saturated rings. The second-order valence-corrected chi connectivity index (χ2v) is 9.58. The van der Waals surface area contributed by atoms with Gasteiger partial charge in [0.2, 0.25) is 5.75 Å². The lowest BCUT2D eigenvalue weighted by atomic mass is 10.1. The number of carbonyl (C=O) groups is 1. The molecular weight excluding hydrogens is 454 g/mol. The summed E-state index contributed by atoms with van der Waals surface area (Å²) in [5.74, 6) is 2.12. The Morgan fingerprint density at radius 3 is 2.71 bits per heavy atom. The summed E-state index contributed by atoms with van der Waals surface area (Å²) in [6.07, 6.45) is 7.11. The number of nitrogens with zero attached hydrogens (tertiary/aromatic N) is 4. The van der Waals surface area contributed by atoms with Gasteiger partial charge in [-0.1, -0.05) is 6.58 Å². The highest BCUT2D eigenvalue weighted by atomic mass is 32.2. The highest BCUT2D eigenvalue weighted by Gasteiger charge is 2.31. The fourth-order valence-electron chi connectivity index (χ4n) is 3.74. The molecule has 2 aromatic heterocycles. The monoisotopic (exact) mass is 485 g/mol. The number of aryl methyl sites for hydroxylation is 2. The molecule has 1 aliphatic heterocycles. The van der Waals surface area contributed by atoms with E-state index in [1.807, 2.05) is 19.1 Å². The van der Waals surface area contributed by atoms with E-state index in [9.17, 15) is 9.90 Å². The summed E-state index contributed by atoms with van der Waals surface area (Å²) in [7, 11) is 0. The zero-order valence-electron chi connectivity index (χ0n) is 19.6. The number of likely N-dealkylation sites (tertiary alicyclic amines) is 1. The maximum Gasteiger partial charge on any atom is 0.414 e. The van der Waals surface area contributed by atoms with E-state index in [-0.39, 0.29) is 29.6 Å². The van der Waals surface area contributed by atoms with Gasteiger partial charge in [0.1, 0.15) is 18.2 Å². The van der Waals surface area contributed by atoms with Crippen LogP contribution in [0.1, 0.15) is 37.1 Å². The molecule has 1 saturated carbocycles. The molecule has 10 heteroatoms. The number of pyridine rings is 1. The second kappa shape index (κ2) is 10.9. The Morgan fingerprint density at radius 1 is 1.26 bits per heavy atom. The average molecular weight is 486 g/mol. The van der Waals surface area contributed by atoms with Gasteiger partial charge < -0.3 is 24.8 Å². The number of allylic oxidation sites excluding steroid dienone is 1. The van der Waals surface area contributed by atoms with E-state index in [1.165, 1.54) is 6.33 Å². The standard InChI is InChI=1S/C24H31N5O4S/c1-15-20(7-6-18(27-15)10-13-34-3)28-22-21(30)23(26-14-25-22)33-19-8-11-29(12-9-19)24(31)32-16(2)17-4-5-17/h6-7,14,17,19,30H,2,4-5,8-13H2,1,3H3,(H,25,26,28). The molecular formula is C24H31N5O4S. The van der Waals surface area contributed by atoms with Crippen molar-refractivity contribution in [1.82, 2.24) is 19.9 Å².